The zero-order valence-electron chi connectivity index (χ0n) is 14.0. The monoisotopic (exact) mass is 352 g/mol. The average Bonchev–Trinajstić information content (AvgIpc) is 3.01. The molecule has 0 aromatic heterocycles. The molecule has 2 aromatic carbocycles. The lowest BCUT2D eigenvalue weighted by Gasteiger charge is -2.11. The van der Waals surface area contributed by atoms with Crippen LogP contribution in [0.5, 0.6) is 11.5 Å². The first-order chi connectivity index (χ1) is 12.7. The Morgan fingerprint density at radius 3 is 2.62 bits per heavy atom. The molecule has 2 aliphatic heterocycles. The maximum absolute atomic E-state index is 12.2. The summed E-state index contributed by atoms with van der Waals surface area (Å²) in [6.45, 7) is 0.164. The molecule has 2 aliphatic rings. The first-order valence-electron chi connectivity index (χ1n) is 7.92. The van der Waals surface area contributed by atoms with Crippen LogP contribution in [0.15, 0.2) is 46.6 Å². The summed E-state index contributed by atoms with van der Waals surface area (Å²) < 4.78 is 10.9. The molecule has 0 saturated carbocycles. The van der Waals surface area contributed by atoms with Crippen LogP contribution in [0.4, 0.5) is 5.69 Å². The lowest BCUT2D eigenvalue weighted by atomic mass is 9.94. The molecule has 132 valence electrons. The fraction of sp³-hybridized carbons (Fsp3) is 0.167. The number of benzene rings is 2. The van der Waals surface area contributed by atoms with Crippen LogP contribution in [0, 0.1) is 0 Å². The molecule has 0 fully saturated rings. The smallest absolute Gasteiger partial charge is 0.291 e. The molecule has 8 nitrogen and oxygen atoms in total. The van der Waals surface area contributed by atoms with Crippen molar-refractivity contribution in [1.29, 1.82) is 0 Å². The summed E-state index contributed by atoms with van der Waals surface area (Å²) in [5.74, 6) is 0.823. The standard InChI is InChI=1S/C18H16N4O4/c1-24-22-18(23)14-6-11-7-15-16(26-9-25-15)8-13(11)17(21-20-14)10-2-4-12(19)5-3-10/h2-5,7-8H,6,9,19H2,1H3,(H,22,23). The van der Waals surface area contributed by atoms with Crippen LogP contribution in [0.25, 0.3) is 0 Å². The van der Waals surface area contributed by atoms with Crippen molar-refractivity contribution in [2.75, 3.05) is 19.6 Å². The zero-order chi connectivity index (χ0) is 18.1. The number of fused-ring (bicyclic) bond motifs is 2. The highest BCUT2D eigenvalue weighted by Gasteiger charge is 2.25. The van der Waals surface area contributed by atoms with E-state index in [-0.39, 0.29) is 18.9 Å². The van der Waals surface area contributed by atoms with Crippen LogP contribution in [-0.4, -0.2) is 31.2 Å². The number of nitrogens with two attached hydrogens (primary N) is 1. The number of hydroxylamine groups is 1. The SMILES string of the molecule is CONC(=O)C1=NN=C(c2ccc(N)cc2)c2cc3c(cc2C1)OCO3. The second-order valence-corrected chi connectivity index (χ2v) is 5.79. The molecule has 1 amide bonds. The number of hydrogen-bond acceptors (Lipinski definition) is 7. The van der Waals surface area contributed by atoms with Gasteiger partial charge in [-0.1, -0.05) is 12.1 Å². The van der Waals surface area contributed by atoms with Gasteiger partial charge in [-0.15, -0.1) is 10.2 Å². The lowest BCUT2D eigenvalue weighted by Crippen LogP contribution is -2.31. The minimum absolute atomic E-state index is 0.164. The number of rotatable bonds is 3. The van der Waals surface area contributed by atoms with E-state index in [1.54, 1.807) is 12.1 Å². The highest BCUT2D eigenvalue weighted by atomic mass is 16.7. The van der Waals surface area contributed by atoms with Crippen LogP contribution >= 0.6 is 0 Å². The third-order valence-corrected chi connectivity index (χ3v) is 4.12. The largest absolute Gasteiger partial charge is 0.454 e. The van der Waals surface area contributed by atoms with E-state index in [9.17, 15) is 4.79 Å². The number of hydrogen-bond donors (Lipinski definition) is 2. The molecule has 0 radical (unpaired) electrons. The maximum atomic E-state index is 12.2. The molecule has 2 aromatic rings. The van der Waals surface area contributed by atoms with E-state index in [1.807, 2.05) is 24.3 Å². The van der Waals surface area contributed by atoms with Gasteiger partial charge in [0.25, 0.3) is 5.91 Å². The molecule has 8 heteroatoms. The summed E-state index contributed by atoms with van der Waals surface area (Å²) in [6, 6.07) is 11.0. The number of nitrogens with one attached hydrogen (secondary N) is 1. The lowest BCUT2D eigenvalue weighted by molar-refractivity contribution is -0.124. The van der Waals surface area contributed by atoms with Gasteiger partial charge >= 0.3 is 0 Å². The van der Waals surface area contributed by atoms with Crippen LogP contribution in [0.3, 0.4) is 0 Å². The number of nitrogen functional groups attached to an aromatic ring is 1. The second-order valence-electron chi connectivity index (χ2n) is 5.79. The molecule has 0 spiro atoms. The summed E-state index contributed by atoms with van der Waals surface area (Å²) in [7, 11) is 1.37. The minimum Gasteiger partial charge on any atom is -0.454 e. The number of carbonyl (C=O) groups is 1. The molecular weight excluding hydrogens is 336 g/mol. The number of nitrogens with zero attached hydrogens (tertiary/aromatic N) is 2. The number of anilines is 1. The predicted molar refractivity (Wildman–Crippen MR) is 95.3 cm³/mol. The van der Waals surface area contributed by atoms with Crippen molar-refractivity contribution in [1.82, 2.24) is 5.48 Å². The summed E-state index contributed by atoms with van der Waals surface area (Å²) in [5.41, 5.74) is 12.1. The second kappa shape index (κ2) is 6.49. The Kier molecular flexibility index (Phi) is 4.02. The Bertz CT molecular complexity index is 935. The fourth-order valence-corrected chi connectivity index (χ4v) is 2.86. The van der Waals surface area contributed by atoms with Gasteiger partial charge in [0.1, 0.15) is 11.4 Å². The van der Waals surface area contributed by atoms with Crippen molar-refractivity contribution >= 4 is 23.0 Å². The minimum atomic E-state index is -0.446. The van der Waals surface area contributed by atoms with E-state index >= 15 is 0 Å². The molecule has 4 rings (SSSR count). The van der Waals surface area contributed by atoms with E-state index < -0.39 is 5.91 Å². The van der Waals surface area contributed by atoms with E-state index in [1.165, 1.54) is 7.11 Å². The zero-order valence-corrected chi connectivity index (χ0v) is 14.0. The quantitative estimate of drug-likeness (QED) is 0.642. The van der Waals surface area contributed by atoms with Crippen molar-refractivity contribution in [3.05, 3.63) is 53.1 Å². The third-order valence-electron chi connectivity index (χ3n) is 4.12. The van der Waals surface area contributed by atoms with E-state index in [0.717, 1.165) is 16.7 Å². The average molecular weight is 352 g/mol. The Hall–Kier alpha value is -3.39. The van der Waals surface area contributed by atoms with Gasteiger partial charge in [0.2, 0.25) is 6.79 Å². The molecule has 0 saturated heterocycles. The van der Waals surface area contributed by atoms with Crippen molar-refractivity contribution in [3.63, 3.8) is 0 Å². The van der Waals surface area contributed by atoms with E-state index in [0.29, 0.717) is 22.9 Å². The van der Waals surface area contributed by atoms with Gasteiger partial charge in [0.05, 0.1) is 7.11 Å². The normalized spacial score (nSPS) is 14.8. The molecule has 26 heavy (non-hydrogen) atoms. The molecule has 3 N–H and O–H groups in total. The van der Waals surface area contributed by atoms with Crippen LogP contribution in [0.1, 0.15) is 16.7 Å². The Labute approximate surface area is 149 Å². The number of ether oxygens (including phenoxy) is 2. The topological polar surface area (TPSA) is 108 Å². The predicted octanol–water partition coefficient (Wildman–Crippen LogP) is 1.42. The van der Waals surface area contributed by atoms with Crippen LogP contribution in [0.2, 0.25) is 0 Å². The highest BCUT2D eigenvalue weighted by molar-refractivity contribution is 6.39. The van der Waals surface area contributed by atoms with Crippen molar-refractivity contribution in [2.24, 2.45) is 10.2 Å². The van der Waals surface area contributed by atoms with E-state index in [2.05, 4.69) is 15.7 Å². The van der Waals surface area contributed by atoms with Gasteiger partial charge in [-0.25, -0.2) is 5.48 Å². The van der Waals surface area contributed by atoms with Crippen molar-refractivity contribution in [2.45, 2.75) is 6.42 Å². The highest BCUT2D eigenvalue weighted by Crippen LogP contribution is 2.36. The summed E-state index contributed by atoms with van der Waals surface area (Å²) in [6.07, 6.45) is 0.281. The van der Waals surface area contributed by atoms with E-state index in [4.69, 9.17) is 20.0 Å². The third kappa shape index (κ3) is 2.86. The first-order valence-corrected chi connectivity index (χ1v) is 7.92. The summed E-state index contributed by atoms with van der Waals surface area (Å²) in [5, 5.41) is 8.47. The Morgan fingerprint density at radius 1 is 1.15 bits per heavy atom. The number of carbonyl (C=O) groups excluding carboxylic acids is 1. The fourth-order valence-electron chi connectivity index (χ4n) is 2.86. The van der Waals surface area contributed by atoms with Crippen molar-refractivity contribution < 1.29 is 19.1 Å². The van der Waals surface area contributed by atoms with Gasteiger partial charge in [0, 0.05) is 23.2 Å². The van der Waals surface area contributed by atoms with Crippen molar-refractivity contribution in [3.8, 4) is 11.5 Å². The van der Waals surface area contributed by atoms with Gasteiger partial charge in [0.15, 0.2) is 11.5 Å². The molecular formula is C18H16N4O4. The number of amides is 1. The Balaban J connectivity index is 1.85. The molecule has 0 atom stereocenters. The molecule has 0 bridgehead atoms. The molecule has 2 heterocycles. The van der Waals surface area contributed by atoms with Crippen LogP contribution in [-0.2, 0) is 16.1 Å². The van der Waals surface area contributed by atoms with Gasteiger partial charge in [-0.2, -0.15) is 0 Å². The van der Waals surface area contributed by atoms with Gasteiger partial charge < -0.3 is 15.2 Å². The van der Waals surface area contributed by atoms with Gasteiger partial charge in [-0.3, -0.25) is 9.63 Å². The van der Waals surface area contributed by atoms with Gasteiger partial charge in [-0.05, 0) is 29.8 Å². The summed E-state index contributed by atoms with van der Waals surface area (Å²) >= 11 is 0. The Morgan fingerprint density at radius 2 is 1.88 bits per heavy atom. The molecule has 0 unspecified atom stereocenters. The van der Waals surface area contributed by atoms with Crippen LogP contribution < -0.4 is 20.7 Å². The summed E-state index contributed by atoms with van der Waals surface area (Å²) in [4.78, 5) is 16.9. The maximum Gasteiger partial charge on any atom is 0.291 e. The molecule has 0 aliphatic carbocycles. The first kappa shape index (κ1) is 16.1.